The van der Waals surface area contributed by atoms with Crippen LogP contribution in [0.5, 0.6) is 0 Å². The number of unbranched alkanes of at least 4 members (excludes halogenated alkanes) is 1. The van der Waals surface area contributed by atoms with Gasteiger partial charge in [0.25, 0.3) is 0 Å². The van der Waals surface area contributed by atoms with Crippen molar-refractivity contribution >= 4 is 41.7 Å². The Labute approximate surface area is 167 Å². The molecule has 0 aromatic heterocycles. The molecule has 9 heteroatoms. The average molecular weight is 493 g/mol. The van der Waals surface area contributed by atoms with E-state index in [1.807, 2.05) is 13.2 Å². The summed E-state index contributed by atoms with van der Waals surface area (Å²) >= 11 is 1.77. The smallest absolute Gasteiger partial charge is 0.357 e. The standard InChI is InChI=1S/C16H23F4N3S.HI/c1-3-21-15(22-8-4-5-9-24-2)23-11-12-6-7-13(17)10-14(12)16(18,19)20;/h6-7,10H,3-5,8-9,11H2,1-2H3,(H2,21,22,23);1H. The van der Waals surface area contributed by atoms with Gasteiger partial charge < -0.3 is 10.6 Å². The first-order chi connectivity index (χ1) is 11.4. The van der Waals surface area contributed by atoms with Gasteiger partial charge in [-0.15, -0.1) is 24.0 Å². The summed E-state index contributed by atoms with van der Waals surface area (Å²) in [6, 6.07) is 2.65. The number of alkyl halides is 3. The Morgan fingerprint density at radius 3 is 2.52 bits per heavy atom. The lowest BCUT2D eigenvalue weighted by Gasteiger charge is -2.14. The molecule has 0 unspecified atom stereocenters. The minimum Gasteiger partial charge on any atom is -0.357 e. The molecular formula is C16H24F4IN3S. The maximum atomic E-state index is 13.1. The molecule has 0 saturated carbocycles. The Morgan fingerprint density at radius 1 is 1.20 bits per heavy atom. The van der Waals surface area contributed by atoms with Crippen molar-refractivity contribution in [3.8, 4) is 0 Å². The summed E-state index contributed by atoms with van der Waals surface area (Å²) in [5.74, 6) is 0.618. The third kappa shape index (κ3) is 9.53. The monoisotopic (exact) mass is 493 g/mol. The molecule has 1 aromatic rings. The SMILES string of the molecule is CCNC(=NCc1ccc(F)cc1C(F)(F)F)NCCCCSC.I. The third-order valence-electron chi connectivity index (χ3n) is 3.20. The second-order valence-corrected chi connectivity index (χ2v) is 6.11. The van der Waals surface area contributed by atoms with Crippen molar-refractivity contribution in [1.29, 1.82) is 0 Å². The molecule has 0 aliphatic carbocycles. The lowest BCUT2D eigenvalue weighted by Crippen LogP contribution is -2.37. The van der Waals surface area contributed by atoms with Gasteiger partial charge in [-0.1, -0.05) is 6.07 Å². The van der Waals surface area contributed by atoms with Crippen LogP contribution in [0, 0.1) is 5.82 Å². The number of rotatable bonds is 8. The molecule has 144 valence electrons. The number of thioether (sulfide) groups is 1. The first-order valence-corrected chi connectivity index (χ1v) is 9.14. The van der Waals surface area contributed by atoms with Gasteiger partial charge in [0.2, 0.25) is 0 Å². The normalized spacial score (nSPS) is 11.8. The Kier molecular flexibility index (Phi) is 12.3. The zero-order chi connectivity index (χ0) is 18.0. The van der Waals surface area contributed by atoms with E-state index in [2.05, 4.69) is 15.6 Å². The first kappa shape index (κ1) is 24.3. The molecule has 3 nitrogen and oxygen atoms in total. The van der Waals surface area contributed by atoms with E-state index in [-0.39, 0.29) is 36.1 Å². The summed E-state index contributed by atoms with van der Waals surface area (Å²) in [4.78, 5) is 4.17. The maximum absolute atomic E-state index is 13.1. The van der Waals surface area contributed by atoms with E-state index in [1.54, 1.807) is 11.8 Å². The van der Waals surface area contributed by atoms with Crippen molar-refractivity contribution in [1.82, 2.24) is 10.6 Å². The second kappa shape index (κ2) is 12.6. The Bertz CT molecular complexity index is 539. The predicted octanol–water partition coefficient (Wildman–Crippen LogP) is 4.66. The third-order valence-corrected chi connectivity index (χ3v) is 3.89. The Morgan fingerprint density at radius 2 is 1.92 bits per heavy atom. The van der Waals surface area contributed by atoms with E-state index >= 15 is 0 Å². The number of aliphatic imine (C=N–C) groups is 1. The lowest BCUT2D eigenvalue weighted by molar-refractivity contribution is -0.138. The highest BCUT2D eigenvalue weighted by atomic mass is 127. The average Bonchev–Trinajstić information content (AvgIpc) is 2.52. The number of nitrogens with zero attached hydrogens (tertiary/aromatic N) is 1. The fourth-order valence-corrected chi connectivity index (χ4v) is 2.53. The molecule has 0 bridgehead atoms. The highest BCUT2D eigenvalue weighted by Crippen LogP contribution is 2.32. The minimum absolute atomic E-state index is 0. The molecule has 0 saturated heterocycles. The van der Waals surface area contributed by atoms with E-state index in [4.69, 9.17) is 0 Å². The molecule has 0 aliphatic heterocycles. The summed E-state index contributed by atoms with van der Waals surface area (Å²) in [5, 5.41) is 6.09. The number of hydrogen-bond acceptors (Lipinski definition) is 2. The zero-order valence-electron chi connectivity index (χ0n) is 14.3. The zero-order valence-corrected chi connectivity index (χ0v) is 17.4. The highest BCUT2D eigenvalue weighted by Gasteiger charge is 2.33. The molecule has 0 spiro atoms. The molecule has 25 heavy (non-hydrogen) atoms. The van der Waals surface area contributed by atoms with Crippen molar-refractivity contribution in [2.45, 2.75) is 32.5 Å². The number of hydrogen-bond donors (Lipinski definition) is 2. The summed E-state index contributed by atoms with van der Waals surface area (Å²) in [5.41, 5.74) is -1.04. The molecule has 2 N–H and O–H groups in total. The summed E-state index contributed by atoms with van der Waals surface area (Å²) < 4.78 is 52.0. The van der Waals surface area contributed by atoms with Crippen molar-refractivity contribution in [2.24, 2.45) is 4.99 Å². The van der Waals surface area contributed by atoms with Crippen molar-refractivity contribution in [3.63, 3.8) is 0 Å². The quantitative estimate of drug-likeness (QED) is 0.182. The van der Waals surface area contributed by atoms with Crippen LogP contribution in [0.3, 0.4) is 0 Å². The topological polar surface area (TPSA) is 36.4 Å². The van der Waals surface area contributed by atoms with Crippen LogP contribution in [0.2, 0.25) is 0 Å². The van der Waals surface area contributed by atoms with Crippen LogP contribution >= 0.6 is 35.7 Å². The van der Waals surface area contributed by atoms with Gasteiger partial charge in [0.05, 0.1) is 12.1 Å². The first-order valence-electron chi connectivity index (χ1n) is 7.75. The lowest BCUT2D eigenvalue weighted by atomic mass is 10.1. The number of halogens is 5. The van der Waals surface area contributed by atoms with Gasteiger partial charge in [0.1, 0.15) is 5.82 Å². The van der Waals surface area contributed by atoms with Gasteiger partial charge in [-0.25, -0.2) is 9.38 Å². The highest BCUT2D eigenvalue weighted by molar-refractivity contribution is 14.0. The molecule has 0 atom stereocenters. The maximum Gasteiger partial charge on any atom is 0.416 e. The Hall–Kier alpha value is -0.710. The molecular weight excluding hydrogens is 469 g/mol. The van der Waals surface area contributed by atoms with E-state index < -0.39 is 17.6 Å². The fraction of sp³-hybridized carbons (Fsp3) is 0.562. The number of benzene rings is 1. The van der Waals surface area contributed by atoms with E-state index in [0.29, 0.717) is 25.1 Å². The molecule has 1 aromatic carbocycles. The van der Waals surface area contributed by atoms with E-state index in [0.717, 1.165) is 30.7 Å². The number of guanidine groups is 1. The van der Waals surface area contributed by atoms with Crippen LogP contribution in [0.1, 0.15) is 30.9 Å². The van der Waals surface area contributed by atoms with Crippen LogP contribution < -0.4 is 10.6 Å². The van der Waals surface area contributed by atoms with Crippen molar-refractivity contribution in [3.05, 3.63) is 35.1 Å². The van der Waals surface area contributed by atoms with Crippen LogP contribution in [-0.4, -0.2) is 31.1 Å². The van der Waals surface area contributed by atoms with Gasteiger partial charge in [-0.3, -0.25) is 0 Å². The summed E-state index contributed by atoms with van der Waals surface area (Å²) in [7, 11) is 0. The predicted molar refractivity (Wildman–Crippen MR) is 107 cm³/mol. The van der Waals surface area contributed by atoms with Crippen LogP contribution in [-0.2, 0) is 12.7 Å². The molecule has 0 aliphatic rings. The Balaban J connectivity index is 0.00000576. The molecule has 0 amide bonds. The van der Waals surface area contributed by atoms with Crippen LogP contribution in [0.4, 0.5) is 17.6 Å². The molecule has 0 fully saturated rings. The largest absolute Gasteiger partial charge is 0.416 e. The molecule has 0 heterocycles. The van der Waals surface area contributed by atoms with E-state index in [9.17, 15) is 17.6 Å². The van der Waals surface area contributed by atoms with Gasteiger partial charge in [-0.2, -0.15) is 24.9 Å². The number of nitrogens with one attached hydrogen (secondary N) is 2. The van der Waals surface area contributed by atoms with Crippen molar-refractivity contribution in [2.75, 3.05) is 25.1 Å². The summed E-state index contributed by atoms with van der Waals surface area (Å²) in [6.07, 6.45) is -0.546. The van der Waals surface area contributed by atoms with Gasteiger partial charge in [0, 0.05) is 13.1 Å². The van der Waals surface area contributed by atoms with E-state index in [1.165, 1.54) is 0 Å². The van der Waals surface area contributed by atoms with Crippen LogP contribution in [0.25, 0.3) is 0 Å². The molecule has 1 rings (SSSR count). The van der Waals surface area contributed by atoms with Crippen LogP contribution in [0.15, 0.2) is 23.2 Å². The van der Waals surface area contributed by atoms with Crippen molar-refractivity contribution < 1.29 is 17.6 Å². The van der Waals surface area contributed by atoms with Gasteiger partial charge in [0.15, 0.2) is 5.96 Å². The van der Waals surface area contributed by atoms with Gasteiger partial charge >= 0.3 is 6.18 Å². The van der Waals surface area contributed by atoms with Gasteiger partial charge in [-0.05, 0) is 49.5 Å². The second-order valence-electron chi connectivity index (χ2n) is 5.12. The minimum atomic E-state index is -4.60. The molecule has 0 radical (unpaired) electrons. The fourth-order valence-electron chi connectivity index (χ4n) is 2.03. The summed E-state index contributed by atoms with van der Waals surface area (Å²) in [6.45, 7) is 3.01.